The van der Waals surface area contributed by atoms with Crippen LogP contribution < -0.4 is 5.32 Å². The van der Waals surface area contributed by atoms with E-state index in [1.54, 1.807) is 7.11 Å². The lowest BCUT2D eigenvalue weighted by atomic mass is 10.1. The summed E-state index contributed by atoms with van der Waals surface area (Å²) >= 11 is 0. The van der Waals surface area contributed by atoms with Gasteiger partial charge in [0.15, 0.2) is 0 Å². The summed E-state index contributed by atoms with van der Waals surface area (Å²) in [6.45, 7) is 4.66. The average molecular weight is 241 g/mol. The van der Waals surface area contributed by atoms with Gasteiger partial charge in [0.05, 0.1) is 12.1 Å². The Kier molecular flexibility index (Phi) is 3.76. The molecule has 2 N–H and O–H groups in total. The molecule has 1 fully saturated rings. The van der Waals surface area contributed by atoms with Crippen molar-refractivity contribution < 1.29 is 14.4 Å². The summed E-state index contributed by atoms with van der Waals surface area (Å²) < 4.78 is 10.6. The average Bonchev–Trinajstić information content (AvgIpc) is 2.87. The molecule has 0 aliphatic carbocycles. The molecular formula is C11H19N3O3. The van der Waals surface area contributed by atoms with Gasteiger partial charge < -0.3 is 19.7 Å². The number of hydrogen-bond donors (Lipinski definition) is 2. The Labute approximate surface area is 100 Å². The predicted molar refractivity (Wildman–Crippen MR) is 60.3 cm³/mol. The van der Waals surface area contributed by atoms with Crippen LogP contribution in [0.2, 0.25) is 0 Å². The van der Waals surface area contributed by atoms with E-state index in [2.05, 4.69) is 15.5 Å². The lowest BCUT2D eigenvalue weighted by molar-refractivity contribution is 0.0555. The molecule has 0 saturated carbocycles. The molecule has 2 rings (SSSR count). The summed E-state index contributed by atoms with van der Waals surface area (Å²) in [4.78, 5) is 4.34. The van der Waals surface area contributed by atoms with Crippen LogP contribution in [0.4, 0.5) is 0 Å². The van der Waals surface area contributed by atoms with Crippen molar-refractivity contribution in [1.29, 1.82) is 0 Å². The third kappa shape index (κ3) is 2.65. The molecule has 6 heteroatoms. The van der Waals surface area contributed by atoms with Gasteiger partial charge in [-0.2, -0.15) is 4.98 Å². The van der Waals surface area contributed by atoms with Gasteiger partial charge in [-0.05, 0) is 12.3 Å². The minimum absolute atomic E-state index is 0.0454. The van der Waals surface area contributed by atoms with Crippen molar-refractivity contribution in [2.75, 3.05) is 13.7 Å². The summed E-state index contributed by atoms with van der Waals surface area (Å²) in [6.07, 6.45) is 0.124. The Morgan fingerprint density at radius 2 is 2.29 bits per heavy atom. The number of nitrogens with one attached hydrogen (secondary N) is 1. The van der Waals surface area contributed by atoms with Crippen molar-refractivity contribution in [1.82, 2.24) is 15.5 Å². The molecule has 1 aromatic heterocycles. The second kappa shape index (κ2) is 5.12. The van der Waals surface area contributed by atoms with Gasteiger partial charge in [-0.25, -0.2) is 0 Å². The van der Waals surface area contributed by atoms with Crippen LogP contribution in [-0.2, 0) is 4.74 Å². The number of hydrogen-bond acceptors (Lipinski definition) is 6. The fraction of sp³-hybridized carbons (Fsp3) is 0.818. The molecule has 0 spiro atoms. The third-order valence-corrected chi connectivity index (χ3v) is 2.98. The highest BCUT2D eigenvalue weighted by Gasteiger charge is 2.30. The standard InChI is InChI=1S/C11H19N3O3/c1-6(2)9(16-3)10-13-11(17-14-10)8-4-7(15)5-12-8/h6-9,12,15H,4-5H2,1-3H3/t7?,8-,9?/m0/s1. The van der Waals surface area contributed by atoms with Crippen LogP contribution in [-0.4, -0.2) is 35.0 Å². The molecule has 6 nitrogen and oxygen atoms in total. The molecule has 0 aromatic carbocycles. The van der Waals surface area contributed by atoms with Gasteiger partial charge >= 0.3 is 0 Å². The maximum Gasteiger partial charge on any atom is 0.243 e. The van der Waals surface area contributed by atoms with Crippen LogP contribution in [0, 0.1) is 5.92 Å². The fourth-order valence-corrected chi connectivity index (χ4v) is 2.09. The topological polar surface area (TPSA) is 80.4 Å². The van der Waals surface area contributed by atoms with Crippen LogP contribution in [0.1, 0.15) is 44.1 Å². The highest BCUT2D eigenvalue weighted by atomic mass is 16.5. The van der Waals surface area contributed by atoms with Gasteiger partial charge in [-0.15, -0.1) is 0 Å². The number of aromatic nitrogens is 2. The van der Waals surface area contributed by atoms with E-state index in [0.717, 1.165) is 0 Å². The van der Waals surface area contributed by atoms with E-state index >= 15 is 0 Å². The minimum atomic E-state index is -0.335. The quantitative estimate of drug-likeness (QED) is 0.812. The second-order valence-electron chi connectivity index (χ2n) is 4.74. The van der Waals surface area contributed by atoms with E-state index < -0.39 is 0 Å². The van der Waals surface area contributed by atoms with Gasteiger partial charge in [-0.3, -0.25) is 0 Å². The maximum absolute atomic E-state index is 9.43. The zero-order chi connectivity index (χ0) is 12.4. The zero-order valence-corrected chi connectivity index (χ0v) is 10.4. The van der Waals surface area contributed by atoms with Crippen molar-refractivity contribution in [3.05, 3.63) is 11.7 Å². The van der Waals surface area contributed by atoms with Crippen molar-refractivity contribution in [2.24, 2.45) is 5.92 Å². The number of nitrogens with zero attached hydrogens (tertiary/aromatic N) is 2. The highest BCUT2D eigenvalue weighted by Crippen LogP contribution is 2.26. The molecule has 3 atom stereocenters. The van der Waals surface area contributed by atoms with Gasteiger partial charge in [-0.1, -0.05) is 19.0 Å². The lowest BCUT2D eigenvalue weighted by Gasteiger charge is -2.14. The molecule has 1 aliphatic heterocycles. The van der Waals surface area contributed by atoms with Gasteiger partial charge in [0.2, 0.25) is 11.7 Å². The Morgan fingerprint density at radius 1 is 1.53 bits per heavy atom. The molecule has 96 valence electrons. The van der Waals surface area contributed by atoms with Crippen molar-refractivity contribution in [2.45, 2.75) is 38.5 Å². The van der Waals surface area contributed by atoms with Crippen LogP contribution in [0.5, 0.6) is 0 Å². The van der Waals surface area contributed by atoms with Gasteiger partial charge in [0.25, 0.3) is 0 Å². The first kappa shape index (κ1) is 12.5. The normalized spacial score (nSPS) is 26.6. The van der Waals surface area contributed by atoms with E-state index in [1.807, 2.05) is 13.8 Å². The highest BCUT2D eigenvalue weighted by molar-refractivity contribution is 4.99. The zero-order valence-electron chi connectivity index (χ0n) is 10.4. The smallest absolute Gasteiger partial charge is 0.243 e. The molecule has 1 saturated heterocycles. The predicted octanol–water partition coefficient (Wildman–Crippen LogP) is 0.808. The van der Waals surface area contributed by atoms with Crippen molar-refractivity contribution in [3.8, 4) is 0 Å². The molecule has 1 aromatic rings. The number of aliphatic hydroxyl groups excluding tert-OH is 1. The van der Waals surface area contributed by atoms with Gasteiger partial charge in [0.1, 0.15) is 6.10 Å². The molecular weight excluding hydrogens is 222 g/mol. The molecule has 1 aliphatic rings. The largest absolute Gasteiger partial charge is 0.392 e. The first-order valence-corrected chi connectivity index (χ1v) is 5.89. The molecule has 0 radical (unpaired) electrons. The lowest BCUT2D eigenvalue weighted by Crippen LogP contribution is -2.15. The number of β-amino-alcohol motifs (C(OH)–C–C–N with tert-alkyl or cyclic N) is 1. The Morgan fingerprint density at radius 3 is 2.82 bits per heavy atom. The Hall–Kier alpha value is -0.980. The van der Waals surface area contributed by atoms with E-state index in [4.69, 9.17) is 9.26 Å². The molecule has 17 heavy (non-hydrogen) atoms. The third-order valence-electron chi connectivity index (χ3n) is 2.98. The maximum atomic E-state index is 9.43. The Bertz CT molecular complexity index is 367. The summed E-state index contributed by atoms with van der Waals surface area (Å²) in [6, 6.07) is -0.0454. The fourth-order valence-electron chi connectivity index (χ4n) is 2.09. The van der Waals surface area contributed by atoms with Crippen molar-refractivity contribution in [3.63, 3.8) is 0 Å². The monoisotopic (exact) mass is 241 g/mol. The number of aliphatic hydroxyl groups is 1. The van der Waals surface area contributed by atoms with Crippen LogP contribution in [0.15, 0.2) is 4.52 Å². The SMILES string of the molecule is COC(c1noc([C@@H]2CC(O)CN2)n1)C(C)C. The summed E-state index contributed by atoms with van der Waals surface area (Å²) in [5, 5.41) is 16.5. The number of ether oxygens (including phenoxy) is 1. The first-order chi connectivity index (χ1) is 8.11. The first-order valence-electron chi connectivity index (χ1n) is 5.89. The van der Waals surface area contributed by atoms with E-state index in [-0.39, 0.29) is 24.2 Å². The minimum Gasteiger partial charge on any atom is -0.392 e. The summed E-state index contributed by atoms with van der Waals surface area (Å²) in [5.41, 5.74) is 0. The molecule has 0 bridgehead atoms. The van der Waals surface area contributed by atoms with Crippen LogP contribution in [0.3, 0.4) is 0 Å². The van der Waals surface area contributed by atoms with Crippen LogP contribution in [0.25, 0.3) is 0 Å². The van der Waals surface area contributed by atoms with E-state index in [0.29, 0.717) is 24.7 Å². The molecule has 0 amide bonds. The van der Waals surface area contributed by atoms with Crippen molar-refractivity contribution >= 4 is 0 Å². The van der Waals surface area contributed by atoms with E-state index in [1.165, 1.54) is 0 Å². The summed E-state index contributed by atoms with van der Waals surface area (Å²) in [7, 11) is 1.64. The second-order valence-corrected chi connectivity index (χ2v) is 4.74. The Balaban J connectivity index is 2.10. The number of rotatable bonds is 4. The molecule has 2 heterocycles. The van der Waals surface area contributed by atoms with E-state index in [9.17, 15) is 5.11 Å². The van der Waals surface area contributed by atoms with Gasteiger partial charge in [0, 0.05) is 13.7 Å². The molecule has 2 unspecified atom stereocenters. The van der Waals surface area contributed by atoms with Crippen LogP contribution >= 0.6 is 0 Å². The summed E-state index contributed by atoms with van der Waals surface area (Å²) in [5.74, 6) is 1.38. The number of methoxy groups -OCH3 is 1.